The van der Waals surface area contributed by atoms with E-state index in [4.69, 9.17) is 14.2 Å². The van der Waals surface area contributed by atoms with Crippen molar-refractivity contribution in [1.29, 1.82) is 0 Å². The molecule has 28 heavy (non-hydrogen) atoms. The summed E-state index contributed by atoms with van der Waals surface area (Å²) >= 11 is 0. The zero-order valence-electron chi connectivity index (χ0n) is 15.1. The Bertz CT molecular complexity index is 1050. The Hall–Kier alpha value is -2.62. The van der Waals surface area contributed by atoms with Gasteiger partial charge in [-0.2, -0.15) is 0 Å². The second-order valence-corrected chi connectivity index (χ2v) is 7.04. The summed E-state index contributed by atoms with van der Waals surface area (Å²) < 4.78 is 34.6. The van der Waals surface area contributed by atoms with Gasteiger partial charge in [0.15, 0.2) is 23.6 Å². The van der Waals surface area contributed by atoms with Crippen LogP contribution in [0.25, 0.3) is 11.2 Å². The molecule has 5 atom stereocenters. The third-order valence-electron chi connectivity index (χ3n) is 5.20. The Morgan fingerprint density at radius 1 is 1.21 bits per heavy atom. The zero-order valence-corrected chi connectivity index (χ0v) is 15.1. The van der Waals surface area contributed by atoms with Gasteiger partial charge in [0.2, 0.25) is 0 Å². The van der Waals surface area contributed by atoms with Crippen LogP contribution >= 0.6 is 0 Å². The predicted octanol–water partition coefficient (Wildman–Crippen LogP) is 1.82. The first-order chi connectivity index (χ1) is 13.6. The lowest BCUT2D eigenvalue weighted by Gasteiger charge is -2.44. The van der Waals surface area contributed by atoms with E-state index in [1.54, 1.807) is 11.5 Å². The molecule has 0 bridgehead atoms. The number of aromatic amines is 1. The minimum Gasteiger partial charge on any atom is -0.371 e. The van der Waals surface area contributed by atoms with Crippen molar-refractivity contribution in [3.05, 3.63) is 58.4 Å². The minimum absolute atomic E-state index is 0.115. The zero-order chi connectivity index (χ0) is 19.3. The summed E-state index contributed by atoms with van der Waals surface area (Å²) in [6, 6.07) is 8.71. The Labute approximate surface area is 159 Å². The summed E-state index contributed by atoms with van der Waals surface area (Å²) in [6.07, 6.45) is -1.86. The molecule has 2 aliphatic rings. The number of alkyl halides is 1. The van der Waals surface area contributed by atoms with Gasteiger partial charge in [-0.05, 0) is 6.92 Å². The number of ether oxygens (including phenoxy) is 3. The monoisotopic (exact) mass is 386 g/mol. The van der Waals surface area contributed by atoms with Crippen molar-refractivity contribution in [2.75, 3.05) is 13.2 Å². The fourth-order valence-corrected chi connectivity index (χ4v) is 3.80. The number of halogens is 1. The van der Waals surface area contributed by atoms with E-state index >= 15 is 4.39 Å². The first-order valence-corrected chi connectivity index (χ1v) is 9.13. The van der Waals surface area contributed by atoms with Crippen molar-refractivity contribution < 1.29 is 18.6 Å². The van der Waals surface area contributed by atoms with Gasteiger partial charge in [-0.3, -0.25) is 4.79 Å². The summed E-state index contributed by atoms with van der Waals surface area (Å²) in [7, 11) is 0. The van der Waals surface area contributed by atoms with Crippen LogP contribution in [0.1, 0.15) is 23.7 Å². The standard InChI is InChI=1S/C19H19FN4O4/c1-10-22-17-15(18(25)23-10)21-9-24(17)12-7-26-13-8-27-19(28-16(13)14(12)20)11-5-3-2-4-6-11/h2-6,9,12-14,16,19H,7-8H2,1H3,(H,22,23,25). The summed E-state index contributed by atoms with van der Waals surface area (Å²) in [6.45, 7) is 2.04. The molecule has 8 nitrogen and oxygen atoms in total. The highest BCUT2D eigenvalue weighted by Crippen LogP contribution is 2.37. The van der Waals surface area contributed by atoms with Gasteiger partial charge in [-0.25, -0.2) is 14.4 Å². The third kappa shape index (κ3) is 2.83. The van der Waals surface area contributed by atoms with Gasteiger partial charge in [0.25, 0.3) is 5.56 Å². The number of nitrogens with zero attached hydrogens (tertiary/aromatic N) is 3. The molecule has 1 N–H and O–H groups in total. The predicted molar refractivity (Wildman–Crippen MR) is 96.6 cm³/mol. The molecule has 2 aromatic heterocycles. The quantitative estimate of drug-likeness (QED) is 0.723. The molecule has 0 aliphatic carbocycles. The number of aromatic nitrogens is 4. The van der Waals surface area contributed by atoms with Gasteiger partial charge in [-0.15, -0.1) is 0 Å². The van der Waals surface area contributed by atoms with Crippen LogP contribution in [0.4, 0.5) is 4.39 Å². The average molecular weight is 386 g/mol. The topological polar surface area (TPSA) is 91.3 Å². The molecule has 2 aliphatic heterocycles. The molecule has 0 spiro atoms. The Morgan fingerprint density at radius 2 is 2.04 bits per heavy atom. The molecular weight excluding hydrogens is 367 g/mol. The molecule has 9 heteroatoms. The maximum absolute atomic E-state index is 15.5. The lowest BCUT2D eigenvalue weighted by atomic mass is 9.98. The summed E-state index contributed by atoms with van der Waals surface area (Å²) in [4.78, 5) is 23.1. The SMILES string of the molecule is Cc1nc2c(ncn2C2COC3COC(c4ccccc4)OC3C2F)c(=O)[nH]1. The molecule has 0 saturated carbocycles. The van der Waals surface area contributed by atoms with Crippen LogP contribution in [0.3, 0.4) is 0 Å². The number of nitrogens with one attached hydrogen (secondary N) is 1. The summed E-state index contributed by atoms with van der Waals surface area (Å²) in [5, 5.41) is 0. The van der Waals surface area contributed by atoms with E-state index in [0.29, 0.717) is 11.5 Å². The number of fused-ring (bicyclic) bond motifs is 2. The van der Waals surface area contributed by atoms with Crippen molar-refractivity contribution in [2.24, 2.45) is 0 Å². The van der Waals surface area contributed by atoms with E-state index in [1.807, 2.05) is 30.3 Å². The molecule has 146 valence electrons. The van der Waals surface area contributed by atoms with E-state index < -0.39 is 30.7 Å². The van der Waals surface area contributed by atoms with Crippen LogP contribution < -0.4 is 5.56 Å². The van der Waals surface area contributed by atoms with Crippen molar-refractivity contribution in [3.8, 4) is 0 Å². The molecule has 2 saturated heterocycles. The van der Waals surface area contributed by atoms with Crippen LogP contribution in [0.5, 0.6) is 0 Å². The first-order valence-electron chi connectivity index (χ1n) is 9.13. The molecule has 0 radical (unpaired) electrons. The number of rotatable bonds is 2. The van der Waals surface area contributed by atoms with Crippen LogP contribution in [0.2, 0.25) is 0 Å². The van der Waals surface area contributed by atoms with E-state index in [9.17, 15) is 4.79 Å². The van der Waals surface area contributed by atoms with E-state index in [0.717, 1.165) is 5.56 Å². The molecular formula is C19H19FN4O4. The highest BCUT2D eigenvalue weighted by Gasteiger charge is 2.47. The normalized spacial score (nSPS) is 30.3. The number of hydrogen-bond donors (Lipinski definition) is 1. The Morgan fingerprint density at radius 3 is 2.86 bits per heavy atom. The number of imidazole rings is 1. The molecule has 3 aromatic rings. The summed E-state index contributed by atoms with van der Waals surface area (Å²) in [5.41, 5.74) is 0.988. The molecule has 5 rings (SSSR count). The minimum atomic E-state index is -1.37. The van der Waals surface area contributed by atoms with Gasteiger partial charge in [-0.1, -0.05) is 30.3 Å². The van der Waals surface area contributed by atoms with Gasteiger partial charge < -0.3 is 23.8 Å². The van der Waals surface area contributed by atoms with Crippen molar-refractivity contribution in [2.45, 2.75) is 37.6 Å². The number of aryl methyl sites for hydroxylation is 1. The van der Waals surface area contributed by atoms with Crippen LogP contribution in [-0.2, 0) is 14.2 Å². The molecule has 4 heterocycles. The molecule has 2 fully saturated rings. The second-order valence-electron chi connectivity index (χ2n) is 7.04. The summed E-state index contributed by atoms with van der Waals surface area (Å²) in [5.74, 6) is 0.440. The van der Waals surface area contributed by atoms with E-state index in [-0.39, 0.29) is 24.3 Å². The lowest BCUT2D eigenvalue weighted by molar-refractivity contribution is -0.298. The number of H-pyrrole nitrogens is 1. The number of benzene rings is 1. The van der Waals surface area contributed by atoms with E-state index in [1.165, 1.54) is 6.33 Å². The average Bonchev–Trinajstić information content (AvgIpc) is 3.13. The van der Waals surface area contributed by atoms with Gasteiger partial charge in [0, 0.05) is 5.56 Å². The Kier molecular flexibility index (Phi) is 4.22. The van der Waals surface area contributed by atoms with Gasteiger partial charge >= 0.3 is 0 Å². The fraction of sp³-hybridized carbons (Fsp3) is 0.421. The first kappa shape index (κ1) is 17.5. The number of hydrogen-bond acceptors (Lipinski definition) is 6. The smallest absolute Gasteiger partial charge is 0.279 e. The van der Waals surface area contributed by atoms with Crippen molar-refractivity contribution >= 4 is 11.2 Å². The van der Waals surface area contributed by atoms with Crippen LogP contribution in [0.15, 0.2) is 41.5 Å². The molecule has 5 unspecified atom stereocenters. The van der Waals surface area contributed by atoms with Crippen LogP contribution in [0, 0.1) is 6.92 Å². The lowest BCUT2D eigenvalue weighted by Crippen LogP contribution is -2.54. The second kappa shape index (κ2) is 6.77. The molecule has 1 aromatic carbocycles. The highest BCUT2D eigenvalue weighted by atomic mass is 19.1. The van der Waals surface area contributed by atoms with E-state index in [2.05, 4.69) is 15.0 Å². The van der Waals surface area contributed by atoms with Gasteiger partial charge in [0.05, 0.1) is 25.6 Å². The Balaban J connectivity index is 1.45. The largest absolute Gasteiger partial charge is 0.371 e. The third-order valence-corrected chi connectivity index (χ3v) is 5.20. The highest BCUT2D eigenvalue weighted by molar-refractivity contribution is 5.69. The maximum atomic E-state index is 15.5. The fourth-order valence-electron chi connectivity index (χ4n) is 3.80. The van der Waals surface area contributed by atoms with Crippen molar-refractivity contribution in [1.82, 2.24) is 19.5 Å². The van der Waals surface area contributed by atoms with Crippen LogP contribution in [-0.4, -0.2) is 51.1 Å². The van der Waals surface area contributed by atoms with Crippen molar-refractivity contribution in [3.63, 3.8) is 0 Å². The molecule has 0 amide bonds. The maximum Gasteiger partial charge on any atom is 0.279 e. The van der Waals surface area contributed by atoms with Gasteiger partial charge in [0.1, 0.15) is 18.0 Å².